The fourth-order valence-corrected chi connectivity index (χ4v) is 2.86. The first-order chi connectivity index (χ1) is 6.25. The molecule has 1 aliphatic heterocycles. The van der Waals surface area contributed by atoms with Gasteiger partial charge in [0, 0.05) is 24.5 Å². The second-order valence-corrected chi connectivity index (χ2v) is 4.95. The molecule has 13 heavy (non-hydrogen) atoms. The molecule has 2 rings (SSSR count). The van der Waals surface area contributed by atoms with Crippen LogP contribution in [0.4, 0.5) is 5.13 Å². The summed E-state index contributed by atoms with van der Waals surface area (Å²) in [7, 11) is 0. The smallest absolute Gasteiger partial charge is 0.186 e. The Labute approximate surface area is 90.1 Å². The summed E-state index contributed by atoms with van der Waals surface area (Å²) in [5.74, 6) is 0. The number of nitrogens with zero attached hydrogens (tertiary/aromatic N) is 2. The molecule has 1 atom stereocenters. The normalized spacial score (nSPS) is 23.5. The molecule has 2 N–H and O–H groups in total. The average molecular weight is 262 g/mol. The predicted octanol–water partition coefficient (Wildman–Crippen LogP) is 1.83. The van der Waals surface area contributed by atoms with E-state index in [9.17, 15) is 0 Å². The van der Waals surface area contributed by atoms with E-state index in [0.717, 1.165) is 29.2 Å². The highest BCUT2D eigenvalue weighted by atomic mass is 79.9. The maximum atomic E-state index is 5.89. The van der Waals surface area contributed by atoms with Crippen molar-refractivity contribution >= 4 is 32.4 Å². The van der Waals surface area contributed by atoms with Crippen molar-refractivity contribution in [3.63, 3.8) is 0 Å². The number of rotatable bonds is 1. The second-order valence-electron chi connectivity index (χ2n) is 3.30. The zero-order chi connectivity index (χ0) is 9.26. The van der Waals surface area contributed by atoms with Crippen LogP contribution >= 0.6 is 27.3 Å². The number of anilines is 1. The maximum absolute atomic E-state index is 5.89. The minimum Gasteiger partial charge on any atom is -0.347 e. The highest BCUT2D eigenvalue weighted by Crippen LogP contribution is 2.25. The molecule has 1 aromatic heterocycles. The lowest BCUT2D eigenvalue weighted by molar-refractivity contribution is 0.505. The van der Waals surface area contributed by atoms with Crippen molar-refractivity contribution in [3.05, 3.63) is 9.98 Å². The Morgan fingerprint density at radius 2 is 2.54 bits per heavy atom. The highest BCUT2D eigenvalue weighted by Gasteiger charge is 2.18. The van der Waals surface area contributed by atoms with Crippen LogP contribution in [-0.2, 0) is 0 Å². The van der Waals surface area contributed by atoms with E-state index in [4.69, 9.17) is 5.73 Å². The lowest BCUT2D eigenvalue weighted by atomic mass is 10.1. The number of aromatic nitrogens is 1. The van der Waals surface area contributed by atoms with Crippen molar-refractivity contribution in [1.82, 2.24) is 4.98 Å². The van der Waals surface area contributed by atoms with Gasteiger partial charge in [-0.1, -0.05) is 0 Å². The van der Waals surface area contributed by atoms with E-state index in [1.807, 2.05) is 5.38 Å². The molecule has 1 aliphatic rings. The molecule has 5 heteroatoms. The lowest BCUT2D eigenvalue weighted by Gasteiger charge is -2.30. The molecule has 0 unspecified atom stereocenters. The van der Waals surface area contributed by atoms with Crippen LogP contribution in [0.5, 0.6) is 0 Å². The molecule has 72 valence electrons. The number of hydrogen-bond acceptors (Lipinski definition) is 4. The zero-order valence-corrected chi connectivity index (χ0v) is 9.64. The van der Waals surface area contributed by atoms with Gasteiger partial charge in [0.2, 0.25) is 0 Å². The first-order valence-electron chi connectivity index (χ1n) is 4.37. The van der Waals surface area contributed by atoms with Gasteiger partial charge in [0.1, 0.15) is 4.60 Å². The van der Waals surface area contributed by atoms with Gasteiger partial charge in [0.15, 0.2) is 5.13 Å². The summed E-state index contributed by atoms with van der Waals surface area (Å²) in [5.41, 5.74) is 5.89. The van der Waals surface area contributed by atoms with Gasteiger partial charge in [0.05, 0.1) is 0 Å². The molecule has 0 saturated carbocycles. The third kappa shape index (κ3) is 2.21. The Kier molecular flexibility index (Phi) is 2.86. The summed E-state index contributed by atoms with van der Waals surface area (Å²) in [4.78, 5) is 6.64. The van der Waals surface area contributed by atoms with E-state index in [1.54, 1.807) is 11.3 Å². The van der Waals surface area contributed by atoms with Crippen LogP contribution in [0.15, 0.2) is 9.98 Å². The molecule has 0 bridgehead atoms. The molecular weight excluding hydrogens is 250 g/mol. The van der Waals surface area contributed by atoms with Gasteiger partial charge in [-0.25, -0.2) is 4.98 Å². The predicted molar refractivity (Wildman–Crippen MR) is 59.2 cm³/mol. The van der Waals surface area contributed by atoms with Gasteiger partial charge < -0.3 is 10.6 Å². The fourth-order valence-electron chi connectivity index (χ4n) is 1.57. The summed E-state index contributed by atoms with van der Waals surface area (Å²) in [6.07, 6.45) is 2.32. The standard InChI is InChI=1S/C8H12BrN3S/c9-7-5-13-8(11-7)12-3-1-2-6(10)4-12/h5-6H,1-4,10H2/t6-/m1/s1. The van der Waals surface area contributed by atoms with E-state index in [1.165, 1.54) is 6.42 Å². The monoisotopic (exact) mass is 261 g/mol. The van der Waals surface area contributed by atoms with Crippen LogP contribution < -0.4 is 10.6 Å². The zero-order valence-electron chi connectivity index (χ0n) is 7.24. The largest absolute Gasteiger partial charge is 0.347 e. The lowest BCUT2D eigenvalue weighted by Crippen LogP contribution is -2.42. The average Bonchev–Trinajstić information content (AvgIpc) is 2.52. The van der Waals surface area contributed by atoms with Crippen LogP contribution in [0.3, 0.4) is 0 Å². The number of nitrogens with two attached hydrogens (primary N) is 1. The first kappa shape index (κ1) is 9.43. The van der Waals surface area contributed by atoms with E-state index < -0.39 is 0 Å². The minimum absolute atomic E-state index is 0.316. The van der Waals surface area contributed by atoms with E-state index in [-0.39, 0.29) is 0 Å². The van der Waals surface area contributed by atoms with Crippen LogP contribution in [0.1, 0.15) is 12.8 Å². The molecule has 0 spiro atoms. The van der Waals surface area contributed by atoms with Crippen molar-refractivity contribution in [1.29, 1.82) is 0 Å². The Bertz CT molecular complexity index is 289. The molecule has 0 aromatic carbocycles. The molecule has 0 aliphatic carbocycles. The van der Waals surface area contributed by atoms with Gasteiger partial charge in [-0.05, 0) is 28.8 Å². The topological polar surface area (TPSA) is 42.1 Å². The Morgan fingerprint density at radius 3 is 3.15 bits per heavy atom. The molecule has 1 aromatic rings. The fraction of sp³-hybridized carbons (Fsp3) is 0.625. The Balaban J connectivity index is 2.08. The number of thiazole rings is 1. The van der Waals surface area contributed by atoms with Crippen molar-refractivity contribution in [2.75, 3.05) is 18.0 Å². The number of hydrogen-bond donors (Lipinski definition) is 1. The Hall–Kier alpha value is -0.130. The van der Waals surface area contributed by atoms with Crippen LogP contribution in [0.25, 0.3) is 0 Å². The molecule has 3 nitrogen and oxygen atoms in total. The van der Waals surface area contributed by atoms with E-state index in [2.05, 4.69) is 25.8 Å². The molecule has 0 radical (unpaired) electrons. The van der Waals surface area contributed by atoms with Crippen LogP contribution in [0, 0.1) is 0 Å². The second kappa shape index (κ2) is 3.94. The minimum atomic E-state index is 0.316. The van der Waals surface area contributed by atoms with Gasteiger partial charge >= 0.3 is 0 Å². The van der Waals surface area contributed by atoms with Gasteiger partial charge in [-0.3, -0.25) is 0 Å². The molecule has 1 fully saturated rings. The summed E-state index contributed by atoms with van der Waals surface area (Å²) < 4.78 is 0.923. The van der Waals surface area contributed by atoms with Gasteiger partial charge in [0.25, 0.3) is 0 Å². The third-order valence-electron chi connectivity index (χ3n) is 2.19. The van der Waals surface area contributed by atoms with Crippen molar-refractivity contribution in [2.45, 2.75) is 18.9 Å². The number of piperidine rings is 1. The first-order valence-corrected chi connectivity index (χ1v) is 6.04. The summed E-state index contributed by atoms with van der Waals surface area (Å²) in [5, 5.41) is 3.09. The summed E-state index contributed by atoms with van der Waals surface area (Å²) in [6, 6.07) is 0.316. The third-order valence-corrected chi connectivity index (χ3v) is 3.80. The van der Waals surface area contributed by atoms with E-state index >= 15 is 0 Å². The highest BCUT2D eigenvalue weighted by molar-refractivity contribution is 9.10. The summed E-state index contributed by atoms with van der Waals surface area (Å²) in [6.45, 7) is 2.04. The molecular formula is C8H12BrN3S. The molecule has 2 heterocycles. The maximum Gasteiger partial charge on any atom is 0.186 e. The quantitative estimate of drug-likeness (QED) is 0.839. The molecule has 1 saturated heterocycles. The molecule has 0 amide bonds. The summed E-state index contributed by atoms with van der Waals surface area (Å²) >= 11 is 5.03. The van der Waals surface area contributed by atoms with Gasteiger partial charge in [-0.2, -0.15) is 0 Å². The van der Waals surface area contributed by atoms with Gasteiger partial charge in [-0.15, -0.1) is 11.3 Å². The van der Waals surface area contributed by atoms with E-state index in [0.29, 0.717) is 6.04 Å². The van der Waals surface area contributed by atoms with Crippen molar-refractivity contribution < 1.29 is 0 Å². The van der Waals surface area contributed by atoms with Crippen LogP contribution in [0.2, 0.25) is 0 Å². The Morgan fingerprint density at radius 1 is 1.69 bits per heavy atom. The van der Waals surface area contributed by atoms with Crippen molar-refractivity contribution in [3.8, 4) is 0 Å². The van der Waals surface area contributed by atoms with Crippen molar-refractivity contribution in [2.24, 2.45) is 5.73 Å². The van der Waals surface area contributed by atoms with Crippen LogP contribution in [-0.4, -0.2) is 24.1 Å². The number of halogens is 1. The SMILES string of the molecule is N[C@@H]1CCCN(c2nc(Br)cs2)C1.